The Labute approximate surface area is 123 Å². The molecule has 7 nitrogen and oxygen atoms in total. The molecule has 118 valence electrons. The number of likely N-dealkylation sites (N-methyl/N-ethyl adjacent to an activating group) is 1. The molecule has 1 saturated heterocycles. The first kappa shape index (κ1) is 15.8. The lowest BCUT2D eigenvalue weighted by molar-refractivity contribution is -0.151. The highest BCUT2D eigenvalue weighted by Crippen LogP contribution is 2.33. The summed E-state index contributed by atoms with van der Waals surface area (Å²) >= 11 is 0. The Morgan fingerprint density at radius 1 is 1.29 bits per heavy atom. The van der Waals surface area contributed by atoms with Crippen LogP contribution in [0.15, 0.2) is 0 Å². The number of carboxylic acids is 1. The topological polar surface area (TPSA) is 95.9 Å². The number of ether oxygens (including phenoxy) is 1. The van der Waals surface area contributed by atoms with Gasteiger partial charge in [-0.3, -0.25) is 14.4 Å². The Morgan fingerprint density at radius 3 is 2.62 bits per heavy atom. The van der Waals surface area contributed by atoms with Crippen LogP contribution < -0.4 is 5.32 Å². The lowest BCUT2D eigenvalue weighted by Gasteiger charge is -2.36. The molecule has 2 rings (SSSR count). The van der Waals surface area contributed by atoms with Crippen LogP contribution in [-0.2, 0) is 19.1 Å². The second-order valence-electron chi connectivity index (χ2n) is 5.56. The van der Waals surface area contributed by atoms with Crippen LogP contribution in [0.1, 0.15) is 26.2 Å². The fourth-order valence-electron chi connectivity index (χ4n) is 3.04. The molecule has 0 radical (unpaired) electrons. The first-order valence-corrected chi connectivity index (χ1v) is 7.43. The van der Waals surface area contributed by atoms with Gasteiger partial charge in [0.15, 0.2) is 0 Å². The van der Waals surface area contributed by atoms with Crippen molar-refractivity contribution in [2.24, 2.45) is 11.8 Å². The van der Waals surface area contributed by atoms with Crippen molar-refractivity contribution in [3.8, 4) is 0 Å². The van der Waals surface area contributed by atoms with Crippen LogP contribution in [0, 0.1) is 11.8 Å². The van der Waals surface area contributed by atoms with E-state index in [1.807, 2.05) is 6.92 Å². The highest BCUT2D eigenvalue weighted by Gasteiger charge is 2.40. The molecule has 0 aromatic rings. The van der Waals surface area contributed by atoms with Gasteiger partial charge in [0.2, 0.25) is 11.8 Å². The van der Waals surface area contributed by atoms with Gasteiger partial charge in [-0.2, -0.15) is 0 Å². The van der Waals surface area contributed by atoms with Crippen molar-refractivity contribution in [3.63, 3.8) is 0 Å². The smallest absolute Gasteiger partial charge is 0.306 e. The van der Waals surface area contributed by atoms with Crippen molar-refractivity contribution in [1.82, 2.24) is 10.2 Å². The fraction of sp³-hybridized carbons (Fsp3) is 0.786. The lowest BCUT2D eigenvalue weighted by atomic mass is 10.0. The van der Waals surface area contributed by atoms with E-state index >= 15 is 0 Å². The second-order valence-corrected chi connectivity index (χ2v) is 5.56. The monoisotopic (exact) mass is 298 g/mol. The maximum Gasteiger partial charge on any atom is 0.306 e. The van der Waals surface area contributed by atoms with E-state index in [-0.39, 0.29) is 24.3 Å². The Bertz CT molecular complexity index is 426. The summed E-state index contributed by atoms with van der Waals surface area (Å²) in [5.74, 6) is -1.90. The molecule has 2 fully saturated rings. The van der Waals surface area contributed by atoms with E-state index in [0.29, 0.717) is 39.0 Å². The van der Waals surface area contributed by atoms with E-state index in [1.54, 1.807) is 4.90 Å². The third-order valence-corrected chi connectivity index (χ3v) is 4.20. The van der Waals surface area contributed by atoms with E-state index < -0.39 is 17.9 Å². The minimum absolute atomic E-state index is 0.113. The molecular formula is C14H22N2O5. The summed E-state index contributed by atoms with van der Waals surface area (Å²) in [7, 11) is 0. The number of carboxylic acid groups (broad SMARTS) is 1. The highest BCUT2D eigenvalue weighted by atomic mass is 16.5. The van der Waals surface area contributed by atoms with Crippen LogP contribution in [0.2, 0.25) is 0 Å². The van der Waals surface area contributed by atoms with Gasteiger partial charge < -0.3 is 20.1 Å². The number of morpholine rings is 1. The van der Waals surface area contributed by atoms with Crippen molar-refractivity contribution in [2.75, 3.05) is 26.3 Å². The zero-order valence-corrected chi connectivity index (χ0v) is 12.2. The number of aliphatic carboxylic acids is 1. The third kappa shape index (κ3) is 3.53. The number of hydrogen-bond acceptors (Lipinski definition) is 4. The Balaban J connectivity index is 2.02. The normalized spacial score (nSPS) is 29.2. The highest BCUT2D eigenvalue weighted by molar-refractivity contribution is 5.89. The number of carbonyl (C=O) groups excluding carboxylic acids is 2. The predicted octanol–water partition coefficient (Wildman–Crippen LogP) is -0.149. The minimum atomic E-state index is -0.840. The van der Waals surface area contributed by atoms with Crippen molar-refractivity contribution in [3.05, 3.63) is 0 Å². The van der Waals surface area contributed by atoms with Crippen molar-refractivity contribution < 1.29 is 24.2 Å². The number of hydrogen-bond donors (Lipinski definition) is 2. The molecule has 1 saturated carbocycles. The molecule has 21 heavy (non-hydrogen) atoms. The number of nitrogens with one attached hydrogen (secondary N) is 1. The first-order valence-electron chi connectivity index (χ1n) is 7.43. The van der Waals surface area contributed by atoms with Gasteiger partial charge in [-0.05, 0) is 26.2 Å². The number of carbonyl (C=O) groups is 3. The van der Waals surface area contributed by atoms with E-state index in [2.05, 4.69) is 5.32 Å². The number of amides is 2. The van der Waals surface area contributed by atoms with Gasteiger partial charge in [-0.1, -0.05) is 0 Å². The standard InChI is InChI=1S/C14H22N2O5/c1-2-15-12(17)11-8-21-6-5-16(11)13(18)9-3-4-10(7-9)14(19)20/h9-11H,2-8H2,1H3,(H,15,17)(H,19,20)/t9-,10+,11?/m1/s1. The molecule has 1 unspecified atom stereocenters. The summed E-state index contributed by atoms with van der Waals surface area (Å²) < 4.78 is 5.30. The molecule has 0 spiro atoms. The molecule has 2 amide bonds. The maximum atomic E-state index is 12.6. The lowest BCUT2D eigenvalue weighted by Crippen LogP contribution is -2.57. The largest absolute Gasteiger partial charge is 0.481 e. The van der Waals surface area contributed by atoms with Crippen molar-refractivity contribution in [1.29, 1.82) is 0 Å². The summed E-state index contributed by atoms with van der Waals surface area (Å²) in [5.41, 5.74) is 0. The van der Waals surface area contributed by atoms with Crippen molar-refractivity contribution >= 4 is 17.8 Å². The third-order valence-electron chi connectivity index (χ3n) is 4.20. The van der Waals surface area contributed by atoms with Gasteiger partial charge in [-0.15, -0.1) is 0 Å². The van der Waals surface area contributed by atoms with Crippen LogP contribution in [0.25, 0.3) is 0 Å². The summed E-state index contributed by atoms with van der Waals surface area (Å²) in [4.78, 5) is 37.2. The summed E-state index contributed by atoms with van der Waals surface area (Å²) in [6.45, 7) is 3.32. The Hall–Kier alpha value is -1.63. The molecule has 7 heteroatoms. The van der Waals surface area contributed by atoms with Crippen LogP contribution in [0.3, 0.4) is 0 Å². The van der Waals surface area contributed by atoms with Crippen LogP contribution in [-0.4, -0.2) is 60.1 Å². The Morgan fingerprint density at radius 2 is 2.00 bits per heavy atom. The van der Waals surface area contributed by atoms with Gasteiger partial charge in [-0.25, -0.2) is 0 Å². The van der Waals surface area contributed by atoms with Crippen LogP contribution in [0.5, 0.6) is 0 Å². The minimum Gasteiger partial charge on any atom is -0.481 e. The van der Waals surface area contributed by atoms with Gasteiger partial charge in [0, 0.05) is 19.0 Å². The van der Waals surface area contributed by atoms with E-state index in [0.717, 1.165) is 0 Å². The zero-order valence-electron chi connectivity index (χ0n) is 12.2. The summed E-state index contributed by atoms with van der Waals surface area (Å²) in [6, 6.07) is -0.602. The zero-order chi connectivity index (χ0) is 15.4. The quantitative estimate of drug-likeness (QED) is 0.752. The van der Waals surface area contributed by atoms with E-state index in [1.165, 1.54) is 0 Å². The maximum absolute atomic E-state index is 12.6. The first-order chi connectivity index (χ1) is 10.0. The number of nitrogens with zero attached hydrogens (tertiary/aromatic N) is 1. The molecule has 1 aliphatic heterocycles. The number of rotatable bonds is 4. The molecule has 0 bridgehead atoms. The summed E-state index contributed by atoms with van der Waals surface area (Å²) in [5, 5.41) is 11.7. The van der Waals surface area contributed by atoms with Crippen LogP contribution >= 0.6 is 0 Å². The predicted molar refractivity (Wildman–Crippen MR) is 73.5 cm³/mol. The van der Waals surface area contributed by atoms with Gasteiger partial charge in [0.05, 0.1) is 19.1 Å². The Kier molecular flexibility index (Phi) is 5.17. The average Bonchev–Trinajstić information content (AvgIpc) is 2.97. The fourth-order valence-corrected chi connectivity index (χ4v) is 3.04. The van der Waals surface area contributed by atoms with Gasteiger partial charge >= 0.3 is 5.97 Å². The molecule has 2 aliphatic rings. The SMILES string of the molecule is CCNC(=O)C1COCCN1C(=O)[C@@H]1CC[C@H](C(=O)O)C1. The molecule has 2 N–H and O–H groups in total. The van der Waals surface area contributed by atoms with Crippen LogP contribution in [0.4, 0.5) is 0 Å². The van der Waals surface area contributed by atoms with E-state index in [9.17, 15) is 14.4 Å². The average molecular weight is 298 g/mol. The van der Waals surface area contributed by atoms with Gasteiger partial charge in [0.1, 0.15) is 6.04 Å². The molecule has 0 aromatic heterocycles. The summed E-state index contributed by atoms with van der Waals surface area (Å²) in [6.07, 6.45) is 1.48. The molecule has 0 aromatic carbocycles. The molecule has 3 atom stereocenters. The molecule has 1 aliphatic carbocycles. The molecular weight excluding hydrogens is 276 g/mol. The van der Waals surface area contributed by atoms with Crippen molar-refractivity contribution in [2.45, 2.75) is 32.2 Å². The van der Waals surface area contributed by atoms with Gasteiger partial charge in [0.25, 0.3) is 0 Å². The second kappa shape index (κ2) is 6.89. The molecule has 1 heterocycles. The van der Waals surface area contributed by atoms with E-state index in [4.69, 9.17) is 9.84 Å².